The number of urea groups is 1. The van der Waals surface area contributed by atoms with Gasteiger partial charge in [0.1, 0.15) is 17.3 Å². The lowest BCUT2D eigenvalue weighted by Crippen LogP contribution is -2.53. The normalized spacial score (nSPS) is 24.1. The number of aromatic hydroxyl groups is 1. The van der Waals surface area contributed by atoms with Crippen molar-refractivity contribution in [1.82, 2.24) is 20.1 Å². The van der Waals surface area contributed by atoms with Crippen LogP contribution in [0.1, 0.15) is 42.6 Å². The molecule has 2 atom stereocenters. The lowest BCUT2D eigenvalue weighted by atomic mass is 9.81. The zero-order chi connectivity index (χ0) is 23.6. The number of hydrogen-bond acceptors (Lipinski definition) is 4. The number of nitrogens with zero attached hydrogens (tertiary/aromatic N) is 2. The lowest BCUT2D eigenvalue weighted by Gasteiger charge is -2.42. The van der Waals surface area contributed by atoms with Crippen LogP contribution in [-0.4, -0.2) is 57.0 Å². The smallest absolute Gasteiger partial charge is 0.328 e. The number of aromatic nitrogens is 1. The van der Waals surface area contributed by atoms with Crippen molar-refractivity contribution < 1.29 is 14.7 Å². The van der Waals surface area contributed by atoms with Crippen molar-refractivity contribution in [2.45, 2.75) is 37.8 Å². The van der Waals surface area contributed by atoms with Crippen LogP contribution in [-0.2, 0) is 11.2 Å². The highest BCUT2D eigenvalue weighted by molar-refractivity contribution is 9.10. The summed E-state index contributed by atoms with van der Waals surface area (Å²) in [7, 11) is 0. The summed E-state index contributed by atoms with van der Waals surface area (Å²) in [5.41, 5.74) is 2.66. The Labute approximate surface area is 206 Å². The summed E-state index contributed by atoms with van der Waals surface area (Å²) >= 11 is 3.57. The van der Waals surface area contributed by atoms with Crippen LogP contribution in [0.4, 0.5) is 4.79 Å². The average molecular weight is 523 g/mol. The van der Waals surface area contributed by atoms with E-state index in [4.69, 9.17) is 0 Å². The molecule has 0 spiro atoms. The van der Waals surface area contributed by atoms with Crippen molar-refractivity contribution in [3.63, 3.8) is 0 Å². The maximum atomic E-state index is 13.8. The molecule has 0 radical (unpaired) electrons. The molecule has 2 aliphatic heterocycles. The molecule has 176 valence electrons. The van der Waals surface area contributed by atoms with Crippen LogP contribution in [0.3, 0.4) is 0 Å². The Morgan fingerprint density at radius 1 is 1.21 bits per heavy atom. The van der Waals surface area contributed by atoms with Gasteiger partial charge in [-0.05, 0) is 73.7 Å². The van der Waals surface area contributed by atoms with Crippen LogP contribution >= 0.6 is 15.9 Å². The van der Waals surface area contributed by atoms with Gasteiger partial charge in [-0.3, -0.25) is 14.6 Å². The highest BCUT2D eigenvalue weighted by Gasteiger charge is 2.60. The first kappa shape index (κ1) is 21.7. The predicted molar refractivity (Wildman–Crippen MR) is 133 cm³/mol. The number of halogens is 1. The van der Waals surface area contributed by atoms with Crippen molar-refractivity contribution in [2.24, 2.45) is 5.92 Å². The Bertz CT molecular complexity index is 1320. The zero-order valence-electron chi connectivity index (χ0n) is 19.0. The predicted octanol–water partition coefficient (Wildman–Crippen LogP) is 4.30. The van der Waals surface area contributed by atoms with Gasteiger partial charge in [0, 0.05) is 40.6 Å². The van der Waals surface area contributed by atoms with Crippen LogP contribution in [0.2, 0.25) is 0 Å². The third-order valence-corrected chi connectivity index (χ3v) is 7.95. The highest BCUT2D eigenvalue weighted by atomic mass is 79.9. The van der Waals surface area contributed by atoms with Gasteiger partial charge in [-0.15, -0.1) is 0 Å². The minimum Gasteiger partial charge on any atom is -0.508 e. The number of benzene rings is 2. The number of imide groups is 1. The fourth-order valence-corrected chi connectivity index (χ4v) is 5.90. The van der Waals surface area contributed by atoms with Gasteiger partial charge in [0.15, 0.2) is 0 Å². The first-order valence-corrected chi connectivity index (χ1v) is 12.6. The first-order valence-electron chi connectivity index (χ1n) is 11.8. The maximum Gasteiger partial charge on any atom is 0.328 e. The number of carbonyl (C=O) groups excluding carboxylic acids is 2. The molecule has 7 nitrogen and oxygen atoms in total. The Morgan fingerprint density at radius 2 is 2.03 bits per heavy atom. The molecule has 3 N–H and O–H groups in total. The third kappa shape index (κ3) is 3.34. The topological polar surface area (TPSA) is 88.7 Å². The summed E-state index contributed by atoms with van der Waals surface area (Å²) in [4.78, 5) is 34.2. The van der Waals surface area contributed by atoms with E-state index in [-0.39, 0.29) is 17.7 Å². The second-order valence-corrected chi connectivity index (χ2v) is 10.8. The second-order valence-electron chi connectivity index (χ2n) is 9.91. The van der Waals surface area contributed by atoms with Gasteiger partial charge >= 0.3 is 6.03 Å². The van der Waals surface area contributed by atoms with Gasteiger partial charge in [-0.2, -0.15) is 0 Å². The molecule has 2 fully saturated rings. The summed E-state index contributed by atoms with van der Waals surface area (Å²) in [5.74, 6) is 0.705. The van der Waals surface area contributed by atoms with E-state index in [1.807, 2.05) is 25.1 Å². The summed E-state index contributed by atoms with van der Waals surface area (Å²) < 4.78 is 0.959. The van der Waals surface area contributed by atoms with Gasteiger partial charge in [0.05, 0.1) is 0 Å². The van der Waals surface area contributed by atoms with E-state index in [0.717, 1.165) is 44.7 Å². The molecule has 1 aliphatic carbocycles. The monoisotopic (exact) mass is 522 g/mol. The number of phenolic OH excluding ortho intramolecular Hbond substituents is 1. The van der Waals surface area contributed by atoms with E-state index in [1.54, 1.807) is 23.1 Å². The molecule has 2 aromatic carbocycles. The summed E-state index contributed by atoms with van der Waals surface area (Å²) in [5, 5.41) is 14.7. The van der Waals surface area contributed by atoms with Crippen molar-refractivity contribution in [1.29, 1.82) is 0 Å². The number of phenols is 1. The third-order valence-electron chi connectivity index (χ3n) is 7.46. The molecular weight excluding hydrogens is 496 g/mol. The van der Waals surface area contributed by atoms with E-state index in [2.05, 4.69) is 32.3 Å². The quantitative estimate of drug-likeness (QED) is 0.332. The Morgan fingerprint density at radius 3 is 2.79 bits per heavy atom. The maximum absolute atomic E-state index is 13.8. The van der Waals surface area contributed by atoms with E-state index in [9.17, 15) is 14.7 Å². The molecule has 0 bridgehead atoms. The fourth-order valence-electron chi connectivity index (χ4n) is 5.54. The van der Waals surface area contributed by atoms with E-state index in [1.165, 1.54) is 17.7 Å². The molecule has 6 rings (SSSR count). The largest absolute Gasteiger partial charge is 0.508 e. The minimum atomic E-state index is -1.01. The van der Waals surface area contributed by atoms with Crippen LogP contribution in [0.25, 0.3) is 10.9 Å². The number of nitrogens with one attached hydrogen (secondary N) is 2. The lowest BCUT2D eigenvalue weighted by molar-refractivity contribution is -0.133. The van der Waals surface area contributed by atoms with E-state index in [0.29, 0.717) is 19.5 Å². The summed E-state index contributed by atoms with van der Waals surface area (Å²) in [6.45, 7) is 3.76. The van der Waals surface area contributed by atoms with E-state index >= 15 is 0 Å². The van der Waals surface area contributed by atoms with Gasteiger partial charge in [0.25, 0.3) is 5.91 Å². The standard InChI is InChI=1S/C26H27BrN4O3/c1-26-13-20-19-12-17(27)7-8-21(19)29-22(20)23(16-3-2-4-18(32)11-16)31(26)25(34)30(24(26)33)10-9-28-14-15-5-6-15/h2-4,7-8,11-12,15,23,28-29,32H,5-6,9-10,13-14H2,1H3. The average Bonchev–Trinajstić information content (AvgIpc) is 3.54. The molecule has 34 heavy (non-hydrogen) atoms. The number of hydrogen-bond donors (Lipinski definition) is 3. The van der Waals surface area contributed by atoms with Crippen LogP contribution in [0.5, 0.6) is 5.75 Å². The SMILES string of the molecule is CC12Cc3c([nH]c4ccc(Br)cc34)C(c3cccc(O)c3)N1C(=O)N(CCNCC1CC1)C2=O. The number of fused-ring (bicyclic) bond motifs is 4. The van der Waals surface area contributed by atoms with Gasteiger partial charge < -0.3 is 15.4 Å². The molecule has 3 aliphatic rings. The Balaban J connectivity index is 1.44. The number of carbonyl (C=O) groups is 2. The van der Waals surface area contributed by atoms with Crippen molar-refractivity contribution in [3.8, 4) is 5.75 Å². The van der Waals surface area contributed by atoms with Crippen LogP contribution in [0, 0.1) is 5.92 Å². The minimum absolute atomic E-state index is 0.129. The molecule has 1 saturated heterocycles. The fraction of sp³-hybridized carbons (Fsp3) is 0.385. The summed E-state index contributed by atoms with van der Waals surface area (Å²) in [6, 6.07) is 12.2. The van der Waals surface area contributed by atoms with Crippen LogP contribution in [0.15, 0.2) is 46.9 Å². The second kappa shape index (κ2) is 7.85. The first-order chi connectivity index (χ1) is 16.4. The van der Waals surface area contributed by atoms with Crippen molar-refractivity contribution in [2.75, 3.05) is 19.6 Å². The van der Waals surface area contributed by atoms with Crippen LogP contribution < -0.4 is 5.32 Å². The molecule has 3 heterocycles. The summed E-state index contributed by atoms with van der Waals surface area (Å²) in [6.07, 6.45) is 2.95. The van der Waals surface area contributed by atoms with Gasteiger partial charge in [0.2, 0.25) is 0 Å². The zero-order valence-corrected chi connectivity index (χ0v) is 20.6. The molecule has 8 heteroatoms. The molecule has 3 aromatic rings. The van der Waals surface area contributed by atoms with Crippen molar-refractivity contribution in [3.05, 3.63) is 63.8 Å². The number of rotatable bonds is 6. The highest BCUT2D eigenvalue weighted by Crippen LogP contribution is 2.49. The van der Waals surface area contributed by atoms with Crippen molar-refractivity contribution >= 4 is 38.8 Å². The molecule has 3 amide bonds. The number of amides is 3. The molecule has 2 unspecified atom stereocenters. The number of H-pyrrole nitrogens is 1. The van der Waals surface area contributed by atoms with E-state index < -0.39 is 11.6 Å². The molecule has 1 saturated carbocycles. The molecular formula is C26H27BrN4O3. The molecule has 1 aromatic heterocycles. The Kier molecular flexibility index (Phi) is 5.00. The number of aromatic amines is 1. The van der Waals surface area contributed by atoms with Gasteiger partial charge in [-0.1, -0.05) is 28.1 Å². The van der Waals surface area contributed by atoms with Gasteiger partial charge in [-0.25, -0.2) is 4.79 Å². The Hall–Kier alpha value is -2.84.